The maximum Gasteiger partial charge on any atom is 0.161 e. The first-order valence-corrected chi connectivity index (χ1v) is 9.42. The standard InChI is InChI=1S/C21H19N3O2S/c1-14-12-27-19(23-14)11-24-13-22-20(15-6-4-3-5-7-15)21(24)16-8-9-17(25)18(10-16)26-2/h3-10,12-13,25H,11H2,1-2H3. The summed E-state index contributed by atoms with van der Waals surface area (Å²) >= 11 is 1.64. The Bertz CT molecular complexity index is 1070. The zero-order valence-electron chi connectivity index (χ0n) is 15.1. The van der Waals surface area contributed by atoms with Crippen LogP contribution in [0.4, 0.5) is 0 Å². The lowest BCUT2D eigenvalue weighted by Crippen LogP contribution is -2.01. The second kappa shape index (κ2) is 7.25. The highest BCUT2D eigenvalue weighted by atomic mass is 32.1. The fraction of sp³-hybridized carbons (Fsp3) is 0.143. The van der Waals surface area contributed by atoms with Crippen LogP contribution in [0.3, 0.4) is 0 Å². The number of phenolic OH excluding ortho intramolecular Hbond substituents is 1. The number of thiazole rings is 1. The number of imidazole rings is 1. The van der Waals surface area contributed by atoms with Crippen LogP contribution in [-0.2, 0) is 6.54 Å². The molecule has 2 aromatic heterocycles. The Morgan fingerprint density at radius 2 is 1.93 bits per heavy atom. The maximum atomic E-state index is 9.97. The van der Waals surface area contributed by atoms with E-state index in [0.29, 0.717) is 12.3 Å². The maximum absolute atomic E-state index is 9.97. The molecule has 0 amide bonds. The van der Waals surface area contributed by atoms with Crippen LogP contribution in [0.25, 0.3) is 22.5 Å². The summed E-state index contributed by atoms with van der Waals surface area (Å²) in [5.41, 5.74) is 4.83. The van der Waals surface area contributed by atoms with Crippen molar-refractivity contribution in [3.05, 3.63) is 70.9 Å². The van der Waals surface area contributed by atoms with Crippen molar-refractivity contribution in [1.82, 2.24) is 14.5 Å². The van der Waals surface area contributed by atoms with E-state index in [-0.39, 0.29) is 5.75 Å². The number of aryl methyl sites for hydroxylation is 1. The average molecular weight is 377 g/mol. The number of aromatic hydroxyl groups is 1. The van der Waals surface area contributed by atoms with Gasteiger partial charge in [0.15, 0.2) is 11.5 Å². The van der Waals surface area contributed by atoms with E-state index in [2.05, 4.69) is 14.5 Å². The molecule has 0 spiro atoms. The van der Waals surface area contributed by atoms with Crippen molar-refractivity contribution in [2.45, 2.75) is 13.5 Å². The molecule has 4 aromatic rings. The molecule has 0 bridgehead atoms. The molecule has 2 aromatic carbocycles. The van der Waals surface area contributed by atoms with Gasteiger partial charge >= 0.3 is 0 Å². The average Bonchev–Trinajstić information content (AvgIpc) is 3.29. The van der Waals surface area contributed by atoms with E-state index in [4.69, 9.17) is 4.74 Å². The molecule has 0 aliphatic heterocycles. The number of hydrogen-bond acceptors (Lipinski definition) is 5. The lowest BCUT2D eigenvalue weighted by atomic mass is 10.0. The zero-order valence-corrected chi connectivity index (χ0v) is 15.9. The number of phenols is 1. The Morgan fingerprint density at radius 3 is 2.63 bits per heavy atom. The third-order valence-corrected chi connectivity index (χ3v) is 5.26. The van der Waals surface area contributed by atoms with Crippen molar-refractivity contribution in [2.75, 3.05) is 7.11 Å². The number of nitrogens with zero attached hydrogens (tertiary/aromatic N) is 3. The van der Waals surface area contributed by atoms with Gasteiger partial charge in [0.25, 0.3) is 0 Å². The number of ether oxygens (including phenoxy) is 1. The van der Waals surface area contributed by atoms with E-state index in [1.165, 1.54) is 0 Å². The second-order valence-corrected chi connectivity index (χ2v) is 7.15. The Morgan fingerprint density at radius 1 is 1.11 bits per heavy atom. The molecule has 6 heteroatoms. The summed E-state index contributed by atoms with van der Waals surface area (Å²) in [6, 6.07) is 15.4. The molecule has 0 atom stereocenters. The topological polar surface area (TPSA) is 60.2 Å². The van der Waals surface area contributed by atoms with Gasteiger partial charge in [-0.05, 0) is 25.1 Å². The molecular weight excluding hydrogens is 358 g/mol. The molecule has 0 saturated carbocycles. The number of hydrogen-bond donors (Lipinski definition) is 1. The van der Waals surface area contributed by atoms with Crippen molar-refractivity contribution < 1.29 is 9.84 Å². The quantitative estimate of drug-likeness (QED) is 0.545. The number of aromatic nitrogens is 3. The minimum atomic E-state index is 0.115. The first-order valence-electron chi connectivity index (χ1n) is 8.54. The highest BCUT2D eigenvalue weighted by Gasteiger charge is 2.17. The monoisotopic (exact) mass is 377 g/mol. The first-order chi connectivity index (χ1) is 13.2. The summed E-state index contributed by atoms with van der Waals surface area (Å²) in [7, 11) is 1.55. The van der Waals surface area contributed by atoms with Crippen LogP contribution in [0.2, 0.25) is 0 Å². The summed E-state index contributed by atoms with van der Waals surface area (Å²) < 4.78 is 7.39. The Balaban J connectivity index is 1.86. The fourth-order valence-electron chi connectivity index (χ4n) is 3.06. The second-order valence-electron chi connectivity index (χ2n) is 6.20. The van der Waals surface area contributed by atoms with Gasteiger partial charge in [0.05, 0.1) is 31.4 Å². The van der Waals surface area contributed by atoms with Crippen LogP contribution in [0.15, 0.2) is 60.2 Å². The molecular formula is C21H19N3O2S. The smallest absolute Gasteiger partial charge is 0.161 e. The van der Waals surface area contributed by atoms with Gasteiger partial charge in [0, 0.05) is 22.2 Å². The van der Waals surface area contributed by atoms with Crippen LogP contribution in [-0.4, -0.2) is 26.8 Å². The molecule has 0 unspecified atom stereocenters. The third-order valence-electron chi connectivity index (χ3n) is 4.31. The van der Waals surface area contributed by atoms with Crippen LogP contribution in [0.1, 0.15) is 10.7 Å². The molecule has 0 saturated heterocycles. The van der Waals surface area contributed by atoms with Gasteiger partial charge in [-0.15, -0.1) is 11.3 Å². The van der Waals surface area contributed by atoms with E-state index in [1.807, 2.05) is 61.1 Å². The largest absolute Gasteiger partial charge is 0.504 e. The van der Waals surface area contributed by atoms with Crippen molar-refractivity contribution in [2.24, 2.45) is 0 Å². The normalized spacial score (nSPS) is 10.9. The van der Waals surface area contributed by atoms with E-state index < -0.39 is 0 Å². The molecule has 0 fully saturated rings. The first kappa shape index (κ1) is 17.3. The van der Waals surface area contributed by atoms with Gasteiger partial charge in [0.2, 0.25) is 0 Å². The molecule has 0 radical (unpaired) electrons. The molecule has 0 aliphatic carbocycles. The van der Waals surface area contributed by atoms with Gasteiger partial charge in [-0.1, -0.05) is 30.3 Å². The Labute approximate surface area is 161 Å². The summed E-state index contributed by atoms with van der Waals surface area (Å²) in [6.07, 6.45) is 1.84. The van der Waals surface area contributed by atoms with E-state index in [9.17, 15) is 5.11 Å². The van der Waals surface area contributed by atoms with Crippen LogP contribution < -0.4 is 4.74 Å². The third kappa shape index (κ3) is 3.44. The van der Waals surface area contributed by atoms with Crippen molar-refractivity contribution in [3.8, 4) is 34.0 Å². The van der Waals surface area contributed by atoms with Crippen molar-refractivity contribution in [1.29, 1.82) is 0 Å². The van der Waals surface area contributed by atoms with Gasteiger partial charge in [-0.2, -0.15) is 0 Å². The molecule has 4 rings (SSSR count). The van der Waals surface area contributed by atoms with Crippen LogP contribution >= 0.6 is 11.3 Å². The Hall–Kier alpha value is -3.12. The predicted molar refractivity (Wildman–Crippen MR) is 107 cm³/mol. The van der Waals surface area contributed by atoms with E-state index >= 15 is 0 Å². The SMILES string of the molecule is COc1cc(-c2c(-c3ccccc3)ncn2Cc2nc(C)cs2)ccc1O. The molecule has 0 aliphatic rings. The van der Waals surface area contributed by atoms with Crippen LogP contribution in [0, 0.1) is 6.92 Å². The molecule has 136 valence electrons. The summed E-state index contributed by atoms with van der Waals surface area (Å²) in [6.45, 7) is 2.63. The Kier molecular flexibility index (Phi) is 4.64. The van der Waals surface area contributed by atoms with Crippen molar-refractivity contribution >= 4 is 11.3 Å². The van der Waals surface area contributed by atoms with Gasteiger partial charge in [-0.3, -0.25) is 0 Å². The number of benzene rings is 2. The van der Waals surface area contributed by atoms with Gasteiger partial charge in [-0.25, -0.2) is 9.97 Å². The number of rotatable bonds is 5. The lowest BCUT2D eigenvalue weighted by molar-refractivity contribution is 0.373. The number of methoxy groups -OCH3 is 1. The summed E-state index contributed by atoms with van der Waals surface area (Å²) in [4.78, 5) is 9.26. The van der Waals surface area contributed by atoms with Gasteiger partial charge in [0.1, 0.15) is 5.01 Å². The van der Waals surface area contributed by atoms with Crippen LogP contribution in [0.5, 0.6) is 11.5 Å². The van der Waals surface area contributed by atoms with Gasteiger partial charge < -0.3 is 14.4 Å². The molecule has 2 heterocycles. The summed E-state index contributed by atoms with van der Waals surface area (Å²) in [5.74, 6) is 0.550. The summed E-state index contributed by atoms with van der Waals surface area (Å²) in [5, 5.41) is 13.0. The lowest BCUT2D eigenvalue weighted by Gasteiger charge is -2.12. The highest BCUT2D eigenvalue weighted by molar-refractivity contribution is 7.09. The fourth-order valence-corrected chi connectivity index (χ4v) is 3.83. The van der Waals surface area contributed by atoms with Crippen molar-refractivity contribution in [3.63, 3.8) is 0 Å². The zero-order chi connectivity index (χ0) is 18.8. The minimum Gasteiger partial charge on any atom is -0.504 e. The molecule has 5 nitrogen and oxygen atoms in total. The van der Waals surface area contributed by atoms with E-state index in [0.717, 1.165) is 33.2 Å². The van der Waals surface area contributed by atoms with E-state index in [1.54, 1.807) is 24.5 Å². The molecule has 27 heavy (non-hydrogen) atoms. The predicted octanol–water partition coefficient (Wildman–Crippen LogP) is 4.74. The highest BCUT2D eigenvalue weighted by Crippen LogP contribution is 2.36. The molecule has 1 N–H and O–H groups in total. The minimum absolute atomic E-state index is 0.115.